The van der Waals surface area contributed by atoms with Gasteiger partial charge in [-0.25, -0.2) is 4.39 Å². The van der Waals surface area contributed by atoms with Gasteiger partial charge in [0.15, 0.2) is 0 Å². The fraction of sp³-hybridized carbons (Fsp3) is 0.200. The van der Waals surface area contributed by atoms with Crippen LogP contribution >= 0.6 is 11.6 Å². The van der Waals surface area contributed by atoms with Gasteiger partial charge in [-0.3, -0.25) is 0 Å². The first-order valence-electron chi connectivity index (χ1n) is 5.92. The molecule has 0 spiro atoms. The zero-order valence-electron chi connectivity index (χ0n) is 10.2. The molecular weight excluding hydrogens is 249 g/mol. The first-order valence-corrected chi connectivity index (χ1v) is 6.30. The Hall–Kier alpha value is -1.38. The monoisotopic (exact) mass is 263 g/mol. The van der Waals surface area contributed by atoms with Crippen LogP contribution in [0.4, 0.5) is 4.39 Å². The number of nitrogens with two attached hydrogens (primary N) is 1. The quantitative estimate of drug-likeness (QED) is 0.863. The van der Waals surface area contributed by atoms with E-state index in [1.165, 1.54) is 12.1 Å². The fourth-order valence-electron chi connectivity index (χ4n) is 1.89. The third-order valence-corrected chi connectivity index (χ3v) is 3.32. The van der Waals surface area contributed by atoms with E-state index in [4.69, 9.17) is 17.3 Å². The number of benzene rings is 2. The molecule has 0 aromatic heterocycles. The van der Waals surface area contributed by atoms with Gasteiger partial charge >= 0.3 is 0 Å². The van der Waals surface area contributed by atoms with Crippen LogP contribution in [-0.2, 0) is 0 Å². The van der Waals surface area contributed by atoms with Gasteiger partial charge in [0.25, 0.3) is 0 Å². The van der Waals surface area contributed by atoms with Crippen molar-refractivity contribution >= 4 is 11.6 Å². The van der Waals surface area contributed by atoms with Crippen LogP contribution in [0.25, 0.3) is 11.1 Å². The van der Waals surface area contributed by atoms with E-state index < -0.39 is 0 Å². The Morgan fingerprint density at radius 1 is 1.22 bits per heavy atom. The highest BCUT2D eigenvalue weighted by Crippen LogP contribution is 2.30. The van der Waals surface area contributed by atoms with Gasteiger partial charge in [-0.05, 0) is 41.8 Å². The summed E-state index contributed by atoms with van der Waals surface area (Å²) in [6.07, 6.45) is 0.861. The molecule has 0 bridgehead atoms. The Morgan fingerprint density at radius 2 is 2.00 bits per heavy atom. The molecule has 2 rings (SSSR count). The summed E-state index contributed by atoms with van der Waals surface area (Å²) < 4.78 is 13.3. The average Bonchev–Trinajstić information content (AvgIpc) is 2.40. The van der Waals surface area contributed by atoms with Gasteiger partial charge in [0.1, 0.15) is 5.82 Å². The predicted octanol–water partition coefficient (Wildman–Crippen LogP) is 4.56. The second kappa shape index (κ2) is 5.51. The second-order valence-corrected chi connectivity index (χ2v) is 4.67. The Balaban J connectivity index is 2.47. The van der Waals surface area contributed by atoms with Crippen molar-refractivity contribution < 1.29 is 4.39 Å². The maximum absolute atomic E-state index is 13.3. The van der Waals surface area contributed by atoms with Crippen LogP contribution in [0.1, 0.15) is 24.9 Å². The predicted molar refractivity (Wildman–Crippen MR) is 74.1 cm³/mol. The maximum Gasteiger partial charge on any atom is 0.123 e. The summed E-state index contributed by atoms with van der Waals surface area (Å²) in [5, 5.41) is 0.540. The minimum atomic E-state index is -0.292. The number of hydrogen-bond donors (Lipinski definition) is 1. The van der Waals surface area contributed by atoms with Crippen molar-refractivity contribution in [2.75, 3.05) is 0 Å². The smallest absolute Gasteiger partial charge is 0.123 e. The summed E-state index contributed by atoms with van der Waals surface area (Å²) in [5.41, 5.74) is 8.63. The van der Waals surface area contributed by atoms with E-state index in [9.17, 15) is 4.39 Å². The molecule has 1 atom stereocenters. The zero-order valence-corrected chi connectivity index (χ0v) is 10.9. The first kappa shape index (κ1) is 13.1. The van der Waals surface area contributed by atoms with Crippen LogP contribution in [0.2, 0.25) is 5.02 Å². The molecule has 2 aromatic rings. The molecule has 94 valence electrons. The van der Waals surface area contributed by atoms with Crippen LogP contribution in [0.3, 0.4) is 0 Å². The number of hydrogen-bond acceptors (Lipinski definition) is 1. The molecule has 2 N–H and O–H groups in total. The van der Waals surface area contributed by atoms with Gasteiger partial charge in [0.2, 0.25) is 0 Å². The molecule has 0 amide bonds. The summed E-state index contributed by atoms with van der Waals surface area (Å²) in [6, 6.07) is 12.1. The SMILES string of the molecule is CCC(N)c1cccc(-c2cc(F)ccc2Cl)c1. The normalized spacial score (nSPS) is 12.4. The Morgan fingerprint density at radius 3 is 2.72 bits per heavy atom. The van der Waals surface area contributed by atoms with E-state index in [0.717, 1.165) is 17.5 Å². The lowest BCUT2D eigenvalue weighted by Crippen LogP contribution is -2.08. The molecule has 0 aliphatic heterocycles. The summed E-state index contributed by atoms with van der Waals surface area (Å²) in [7, 11) is 0. The van der Waals surface area contributed by atoms with Gasteiger partial charge in [-0.15, -0.1) is 0 Å². The van der Waals surface area contributed by atoms with Gasteiger partial charge in [0.05, 0.1) is 0 Å². The minimum absolute atomic E-state index is 0.00251. The molecular formula is C15H15ClFN. The number of halogens is 2. The Kier molecular flexibility index (Phi) is 4.00. The largest absolute Gasteiger partial charge is 0.324 e. The highest BCUT2D eigenvalue weighted by Gasteiger charge is 2.08. The Labute approximate surface area is 111 Å². The summed E-state index contributed by atoms with van der Waals surface area (Å²) in [4.78, 5) is 0. The molecule has 2 aromatic carbocycles. The molecule has 0 saturated heterocycles. The van der Waals surface area contributed by atoms with E-state index in [1.807, 2.05) is 31.2 Å². The lowest BCUT2D eigenvalue weighted by atomic mass is 9.98. The van der Waals surface area contributed by atoms with Gasteiger partial charge < -0.3 is 5.73 Å². The van der Waals surface area contributed by atoms with Crippen molar-refractivity contribution in [3.05, 3.63) is 58.9 Å². The number of rotatable bonds is 3. The summed E-state index contributed by atoms with van der Waals surface area (Å²) >= 11 is 6.10. The lowest BCUT2D eigenvalue weighted by molar-refractivity contribution is 0.628. The van der Waals surface area contributed by atoms with E-state index in [-0.39, 0.29) is 11.9 Å². The molecule has 0 saturated carbocycles. The molecule has 0 aliphatic rings. The summed E-state index contributed by atoms with van der Waals surface area (Å²) in [6.45, 7) is 2.03. The molecule has 1 nitrogen and oxygen atoms in total. The molecule has 0 heterocycles. The zero-order chi connectivity index (χ0) is 13.1. The molecule has 3 heteroatoms. The molecule has 18 heavy (non-hydrogen) atoms. The highest BCUT2D eigenvalue weighted by molar-refractivity contribution is 6.33. The van der Waals surface area contributed by atoms with E-state index >= 15 is 0 Å². The average molecular weight is 264 g/mol. The van der Waals surface area contributed by atoms with Crippen LogP contribution in [-0.4, -0.2) is 0 Å². The van der Waals surface area contributed by atoms with E-state index in [0.29, 0.717) is 10.6 Å². The van der Waals surface area contributed by atoms with Crippen molar-refractivity contribution in [1.29, 1.82) is 0 Å². The van der Waals surface area contributed by atoms with Crippen LogP contribution < -0.4 is 5.73 Å². The Bertz CT molecular complexity index is 554. The summed E-state index contributed by atoms with van der Waals surface area (Å²) in [5.74, 6) is -0.292. The topological polar surface area (TPSA) is 26.0 Å². The van der Waals surface area contributed by atoms with Crippen molar-refractivity contribution in [1.82, 2.24) is 0 Å². The minimum Gasteiger partial charge on any atom is -0.324 e. The van der Waals surface area contributed by atoms with Crippen LogP contribution in [0, 0.1) is 5.82 Å². The first-order chi connectivity index (χ1) is 8.61. The molecule has 0 fully saturated rings. The second-order valence-electron chi connectivity index (χ2n) is 4.26. The van der Waals surface area contributed by atoms with Crippen molar-refractivity contribution in [3.63, 3.8) is 0 Å². The molecule has 0 aliphatic carbocycles. The van der Waals surface area contributed by atoms with Crippen LogP contribution in [0.5, 0.6) is 0 Å². The standard InChI is InChI=1S/C15H15ClFN/c1-2-15(18)11-5-3-4-10(8-11)13-9-12(17)6-7-14(13)16/h3-9,15H,2,18H2,1H3. The third-order valence-electron chi connectivity index (χ3n) is 2.99. The van der Waals surface area contributed by atoms with E-state index in [1.54, 1.807) is 6.07 Å². The van der Waals surface area contributed by atoms with Gasteiger partial charge in [-0.2, -0.15) is 0 Å². The van der Waals surface area contributed by atoms with Gasteiger partial charge in [0, 0.05) is 16.6 Å². The van der Waals surface area contributed by atoms with E-state index in [2.05, 4.69) is 0 Å². The third kappa shape index (κ3) is 2.71. The maximum atomic E-state index is 13.3. The van der Waals surface area contributed by atoms with Gasteiger partial charge in [-0.1, -0.05) is 36.7 Å². The van der Waals surface area contributed by atoms with Crippen molar-refractivity contribution in [2.24, 2.45) is 5.73 Å². The molecule has 0 radical (unpaired) electrons. The highest BCUT2D eigenvalue weighted by atomic mass is 35.5. The molecule has 1 unspecified atom stereocenters. The van der Waals surface area contributed by atoms with Crippen LogP contribution in [0.15, 0.2) is 42.5 Å². The van der Waals surface area contributed by atoms with Crippen molar-refractivity contribution in [2.45, 2.75) is 19.4 Å². The van der Waals surface area contributed by atoms with Crippen molar-refractivity contribution in [3.8, 4) is 11.1 Å². The fourth-order valence-corrected chi connectivity index (χ4v) is 2.12. The lowest BCUT2D eigenvalue weighted by Gasteiger charge is -2.12.